The van der Waals surface area contributed by atoms with Crippen LogP contribution in [0.2, 0.25) is 0 Å². The molecular weight excluding hydrogens is 210 g/mol. The molecule has 2 nitrogen and oxygen atoms in total. The molecule has 0 spiro atoms. The van der Waals surface area contributed by atoms with Crippen LogP contribution in [0.3, 0.4) is 0 Å². The molecule has 2 heteroatoms. The van der Waals surface area contributed by atoms with Gasteiger partial charge in [-0.1, -0.05) is 38.5 Å². The molecule has 0 aliphatic carbocycles. The Labute approximate surface area is 105 Å². The zero-order valence-electron chi connectivity index (χ0n) is 11.5. The third kappa shape index (κ3) is 6.77. The number of nitrogens with one attached hydrogen (secondary N) is 1. The molecule has 0 radical (unpaired) electrons. The predicted octanol–water partition coefficient (Wildman–Crippen LogP) is 3.97. The Morgan fingerprint density at radius 3 is 2.41 bits per heavy atom. The average Bonchev–Trinajstić information content (AvgIpc) is 2.33. The summed E-state index contributed by atoms with van der Waals surface area (Å²) < 4.78 is 0. The fourth-order valence-corrected chi connectivity index (χ4v) is 1.63. The van der Waals surface area contributed by atoms with Gasteiger partial charge in [-0.25, -0.2) is 0 Å². The van der Waals surface area contributed by atoms with Gasteiger partial charge in [0.05, 0.1) is 0 Å². The summed E-state index contributed by atoms with van der Waals surface area (Å²) in [6, 6.07) is 0. The molecule has 1 amide bonds. The van der Waals surface area contributed by atoms with Crippen LogP contribution in [0.4, 0.5) is 0 Å². The zero-order chi connectivity index (χ0) is 13.1. The zero-order valence-corrected chi connectivity index (χ0v) is 11.5. The lowest BCUT2D eigenvalue weighted by Crippen LogP contribution is -2.29. The predicted molar refractivity (Wildman–Crippen MR) is 74.5 cm³/mol. The SMILES string of the molecule is C\C=C/C=C(\C=C/C)NC(=O)C(CC)CCC. The second-order valence-corrected chi connectivity index (χ2v) is 4.03. The molecule has 0 heterocycles. The van der Waals surface area contributed by atoms with Crippen LogP contribution in [0, 0.1) is 5.92 Å². The molecule has 0 aliphatic heterocycles. The number of hydrogen-bond acceptors (Lipinski definition) is 1. The van der Waals surface area contributed by atoms with Crippen LogP contribution >= 0.6 is 0 Å². The van der Waals surface area contributed by atoms with Crippen LogP contribution in [0.15, 0.2) is 36.1 Å². The normalized spacial score (nSPS) is 14.5. The van der Waals surface area contributed by atoms with E-state index in [2.05, 4.69) is 19.2 Å². The van der Waals surface area contributed by atoms with Gasteiger partial charge in [0.1, 0.15) is 0 Å². The molecule has 0 rings (SSSR count). The van der Waals surface area contributed by atoms with Crippen molar-refractivity contribution in [3.05, 3.63) is 36.1 Å². The first-order valence-electron chi connectivity index (χ1n) is 6.46. The molecular formula is C15H25NO. The average molecular weight is 235 g/mol. The van der Waals surface area contributed by atoms with Crippen molar-refractivity contribution < 1.29 is 4.79 Å². The third-order valence-corrected chi connectivity index (χ3v) is 2.58. The molecule has 1 atom stereocenters. The summed E-state index contributed by atoms with van der Waals surface area (Å²) in [6.45, 7) is 8.07. The standard InChI is InChI=1S/C15H25NO/c1-5-9-12-14(11-7-3)16-15(17)13(8-4)10-6-2/h5,7,9,11-13H,6,8,10H2,1-4H3,(H,16,17)/b9-5-,11-7-,14-12+. The van der Waals surface area contributed by atoms with E-state index in [4.69, 9.17) is 0 Å². The maximum absolute atomic E-state index is 12.0. The summed E-state index contributed by atoms with van der Waals surface area (Å²) in [5.74, 6) is 0.252. The summed E-state index contributed by atoms with van der Waals surface area (Å²) >= 11 is 0. The number of carbonyl (C=O) groups is 1. The Morgan fingerprint density at radius 1 is 1.24 bits per heavy atom. The van der Waals surface area contributed by atoms with Gasteiger partial charge in [0.2, 0.25) is 5.91 Å². The minimum Gasteiger partial charge on any atom is -0.326 e. The summed E-state index contributed by atoms with van der Waals surface area (Å²) in [5, 5.41) is 2.97. The van der Waals surface area contributed by atoms with Crippen LogP contribution in [0.1, 0.15) is 47.0 Å². The highest BCUT2D eigenvalue weighted by Gasteiger charge is 2.15. The van der Waals surface area contributed by atoms with E-state index in [9.17, 15) is 4.79 Å². The number of rotatable bonds is 7. The lowest BCUT2D eigenvalue weighted by molar-refractivity contribution is -0.124. The van der Waals surface area contributed by atoms with Gasteiger partial charge in [0.15, 0.2) is 0 Å². The molecule has 0 aromatic heterocycles. The smallest absolute Gasteiger partial charge is 0.227 e. The Bertz CT molecular complexity index is 300. The van der Waals surface area contributed by atoms with Crippen molar-refractivity contribution in [2.45, 2.75) is 47.0 Å². The molecule has 0 aromatic carbocycles. The monoisotopic (exact) mass is 235 g/mol. The first kappa shape index (κ1) is 15.7. The summed E-state index contributed by atoms with van der Waals surface area (Å²) in [6.07, 6.45) is 12.5. The highest BCUT2D eigenvalue weighted by molar-refractivity contribution is 5.80. The molecule has 17 heavy (non-hydrogen) atoms. The summed E-state index contributed by atoms with van der Waals surface area (Å²) in [7, 11) is 0. The van der Waals surface area contributed by atoms with Crippen molar-refractivity contribution in [3.63, 3.8) is 0 Å². The number of allylic oxidation sites excluding steroid dienone is 5. The van der Waals surface area contributed by atoms with Crippen LogP contribution < -0.4 is 5.32 Å². The molecule has 0 bridgehead atoms. The van der Waals surface area contributed by atoms with Gasteiger partial charge in [0.25, 0.3) is 0 Å². The quantitative estimate of drug-likeness (QED) is 0.665. The Balaban J connectivity index is 4.58. The second-order valence-electron chi connectivity index (χ2n) is 4.03. The maximum Gasteiger partial charge on any atom is 0.227 e. The largest absolute Gasteiger partial charge is 0.326 e. The van der Waals surface area contributed by atoms with Crippen LogP contribution in [-0.2, 0) is 4.79 Å². The summed E-state index contributed by atoms with van der Waals surface area (Å²) in [4.78, 5) is 12.0. The number of carbonyl (C=O) groups excluding carboxylic acids is 1. The van der Waals surface area contributed by atoms with E-state index >= 15 is 0 Å². The van der Waals surface area contributed by atoms with Crippen LogP contribution in [0.5, 0.6) is 0 Å². The van der Waals surface area contributed by atoms with Gasteiger partial charge in [-0.2, -0.15) is 0 Å². The molecule has 0 fully saturated rings. The lowest BCUT2D eigenvalue weighted by atomic mass is 10.00. The number of amides is 1. The van der Waals surface area contributed by atoms with E-state index in [1.54, 1.807) is 0 Å². The molecule has 1 N–H and O–H groups in total. The second kappa shape index (κ2) is 9.88. The lowest BCUT2D eigenvalue weighted by Gasteiger charge is -2.14. The van der Waals surface area contributed by atoms with Gasteiger partial charge in [-0.15, -0.1) is 0 Å². The van der Waals surface area contributed by atoms with E-state index in [1.807, 2.05) is 44.2 Å². The van der Waals surface area contributed by atoms with Crippen molar-refractivity contribution in [3.8, 4) is 0 Å². The minimum absolute atomic E-state index is 0.124. The van der Waals surface area contributed by atoms with Gasteiger partial charge >= 0.3 is 0 Å². The Hall–Kier alpha value is -1.31. The van der Waals surface area contributed by atoms with Crippen molar-refractivity contribution >= 4 is 5.91 Å². The highest BCUT2D eigenvalue weighted by atomic mass is 16.1. The molecule has 0 aliphatic rings. The van der Waals surface area contributed by atoms with Crippen LogP contribution in [0.25, 0.3) is 0 Å². The van der Waals surface area contributed by atoms with Crippen molar-refractivity contribution in [2.24, 2.45) is 5.92 Å². The molecule has 0 saturated carbocycles. The summed E-state index contributed by atoms with van der Waals surface area (Å²) in [5.41, 5.74) is 0.852. The first-order valence-corrected chi connectivity index (χ1v) is 6.46. The van der Waals surface area contributed by atoms with Gasteiger partial charge in [0, 0.05) is 11.6 Å². The molecule has 0 saturated heterocycles. The van der Waals surface area contributed by atoms with E-state index in [0.29, 0.717) is 0 Å². The maximum atomic E-state index is 12.0. The topological polar surface area (TPSA) is 29.1 Å². The first-order chi connectivity index (χ1) is 8.19. The molecule has 96 valence electrons. The van der Waals surface area contributed by atoms with E-state index < -0.39 is 0 Å². The van der Waals surface area contributed by atoms with Gasteiger partial charge in [-0.3, -0.25) is 4.79 Å². The number of hydrogen-bond donors (Lipinski definition) is 1. The van der Waals surface area contributed by atoms with Gasteiger partial charge in [-0.05, 0) is 38.8 Å². The molecule has 0 aromatic rings. The molecule has 1 unspecified atom stereocenters. The van der Waals surface area contributed by atoms with E-state index in [0.717, 1.165) is 25.0 Å². The van der Waals surface area contributed by atoms with E-state index in [-0.39, 0.29) is 11.8 Å². The van der Waals surface area contributed by atoms with Crippen molar-refractivity contribution in [1.82, 2.24) is 5.32 Å². The van der Waals surface area contributed by atoms with E-state index in [1.165, 1.54) is 0 Å². The highest BCUT2D eigenvalue weighted by Crippen LogP contribution is 2.11. The van der Waals surface area contributed by atoms with Crippen molar-refractivity contribution in [1.29, 1.82) is 0 Å². The Kier molecular flexibility index (Phi) is 9.12. The fraction of sp³-hybridized carbons (Fsp3) is 0.533. The minimum atomic E-state index is 0.124. The van der Waals surface area contributed by atoms with Gasteiger partial charge < -0.3 is 5.32 Å². The fourth-order valence-electron chi connectivity index (χ4n) is 1.63. The van der Waals surface area contributed by atoms with Crippen LogP contribution in [-0.4, -0.2) is 5.91 Å². The van der Waals surface area contributed by atoms with Crippen molar-refractivity contribution in [2.75, 3.05) is 0 Å². The Morgan fingerprint density at radius 2 is 1.94 bits per heavy atom. The third-order valence-electron chi connectivity index (χ3n) is 2.58.